The van der Waals surface area contributed by atoms with Crippen LogP contribution < -0.4 is 16.0 Å². The zero-order valence-corrected chi connectivity index (χ0v) is 24.1. The fourth-order valence-electron chi connectivity index (χ4n) is 4.15. The fourth-order valence-corrected chi connectivity index (χ4v) is 4.15. The molecule has 9 heteroatoms. The number of nitrogens with one attached hydrogen (secondary N) is 1. The number of amidine groups is 1. The van der Waals surface area contributed by atoms with Gasteiger partial charge in [-0.25, -0.2) is 4.79 Å². The Morgan fingerprint density at radius 1 is 1.10 bits per heavy atom. The average molecular weight is 547 g/mol. The maximum absolute atomic E-state index is 13.0. The second-order valence-corrected chi connectivity index (χ2v) is 10.8. The number of ether oxygens (including phenoxy) is 2. The van der Waals surface area contributed by atoms with Gasteiger partial charge in [0.2, 0.25) is 5.91 Å². The molecular formula is C31H38N4O5. The number of methoxy groups -OCH3 is 1. The number of nitrogens with zero attached hydrogens (tertiary/aromatic N) is 2. The van der Waals surface area contributed by atoms with E-state index in [-0.39, 0.29) is 24.2 Å². The lowest BCUT2D eigenvalue weighted by Gasteiger charge is -2.38. The Morgan fingerprint density at radius 3 is 2.35 bits per heavy atom. The van der Waals surface area contributed by atoms with Crippen molar-refractivity contribution in [2.75, 3.05) is 23.9 Å². The van der Waals surface area contributed by atoms with Gasteiger partial charge in [-0.1, -0.05) is 11.8 Å². The minimum absolute atomic E-state index is 0.0813. The molecule has 3 N–H and O–H groups in total. The second kappa shape index (κ2) is 13.2. The summed E-state index contributed by atoms with van der Waals surface area (Å²) < 4.78 is 9.87. The highest BCUT2D eigenvalue weighted by atomic mass is 16.6. The Labute approximate surface area is 236 Å². The molecule has 0 saturated heterocycles. The average Bonchev–Trinajstić information content (AvgIpc) is 2.84. The molecule has 0 radical (unpaired) electrons. The van der Waals surface area contributed by atoms with Crippen LogP contribution in [0.25, 0.3) is 0 Å². The van der Waals surface area contributed by atoms with Gasteiger partial charge in [0.05, 0.1) is 13.7 Å². The summed E-state index contributed by atoms with van der Waals surface area (Å²) in [4.78, 5) is 42.1. The van der Waals surface area contributed by atoms with E-state index in [9.17, 15) is 14.4 Å². The summed E-state index contributed by atoms with van der Waals surface area (Å²) in [6.45, 7) is 9.62. The number of amides is 2. The molecule has 212 valence electrons. The van der Waals surface area contributed by atoms with Gasteiger partial charge in [0.25, 0.3) is 0 Å². The number of hydrogen-bond donors (Lipinski definition) is 2. The second-order valence-electron chi connectivity index (χ2n) is 10.8. The molecule has 0 aromatic heterocycles. The summed E-state index contributed by atoms with van der Waals surface area (Å²) in [7, 11) is 1.29. The lowest BCUT2D eigenvalue weighted by atomic mass is 9.89. The van der Waals surface area contributed by atoms with E-state index in [1.807, 2.05) is 38.1 Å². The third kappa shape index (κ3) is 8.34. The van der Waals surface area contributed by atoms with Crippen molar-refractivity contribution in [2.45, 2.75) is 71.9 Å². The monoisotopic (exact) mass is 546 g/mol. The molecule has 0 unspecified atom stereocenters. The summed E-state index contributed by atoms with van der Waals surface area (Å²) in [5.74, 6) is 5.65. The van der Waals surface area contributed by atoms with Crippen molar-refractivity contribution < 1.29 is 23.9 Å². The van der Waals surface area contributed by atoms with Crippen molar-refractivity contribution in [3.63, 3.8) is 0 Å². The molecule has 9 nitrogen and oxygen atoms in total. The molecule has 1 aliphatic rings. The molecule has 40 heavy (non-hydrogen) atoms. The Bertz CT molecular complexity index is 1340. The van der Waals surface area contributed by atoms with Gasteiger partial charge in [0.1, 0.15) is 17.9 Å². The molecule has 1 fully saturated rings. The van der Waals surface area contributed by atoms with E-state index < -0.39 is 17.7 Å². The van der Waals surface area contributed by atoms with Gasteiger partial charge in [-0.2, -0.15) is 4.99 Å². The Kier molecular flexibility index (Phi) is 9.94. The normalized spacial score (nSPS) is 13.4. The lowest BCUT2D eigenvalue weighted by Crippen LogP contribution is -2.45. The fraction of sp³-hybridized carbons (Fsp3) is 0.419. The first-order chi connectivity index (χ1) is 18.9. The highest BCUT2D eigenvalue weighted by Crippen LogP contribution is 2.33. The molecule has 1 aliphatic carbocycles. The van der Waals surface area contributed by atoms with Crippen molar-refractivity contribution in [1.82, 2.24) is 0 Å². The number of carbonyl (C=O) groups is 3. The molecule has 0 spiro atoms. The molecule has 1 saturated carbocycles. The van der Waals surface area contributed by atoms with Crippen LogP contribution >= 0.6 is 0 Å². The highest BCUT2D eigenvalue weighted by molar-refractivity contribution is 6.04. The lowest BCUT2D eigenvalue weighted by molar-refractivity contribution is -0.143. The van der Waals surface area contributed by atoms with Crippen LogP contribution in [0.15, 0.2) is 41.4 Å². The number of anilines is 2. The molecule has 2 aromatic carbocycles. The van der Waals surface area contributed by atoms with Crippen LogP contribution in [0.2, 0.25) is 0 Å². The number of benzene rings is 2. The number of nitrogens with two attached hydrogens (primary N) is 1. The Hall–Kier alpha value is -4.32. The SMILES string of the molecule is COC(=O)CC(=O)N(c1cc(C)c(C#CCNc2ccc(/C(N)=N\C(=O)OC(C)(C)C)cc2)cc1C)C1CCC1. The van der Waals surface area contributed by atoms with E-state index in [1.165, 1.54) is 7.11 Å². The molecule has 0 bridgehead atoms. The maximum atomic E-state index is 13.0. The van der Waals surface area contributed by atoms with E-state index in [1.54, 1.807) is 37.8 Å². The molecule has 2 amide bonds. The van der Waals surface area contributed by atoms with Crippen LogP contribution in [0.3, 0.4) is 0 Å². The maximum Gasteiger partial charge on any atom is 0.436 e. The molecule has 2 aromatic rings. The van der Waals surface area contributed by atoms with Crippen molar-refractivity contribution in [3.05, 3.63) is 58.7 Å². The van der Waals surface area contributed by atoms with E-state index in [2.05, 4.69) is 22.2 Å². The van der Waals surface area contributed by atoms with E-state index >= 15 is 0 Å². The van der Waals surface area contributed by atoms with Crippen molar-refractivity contribution in [1.29, 1.82) is 0 Å². The first kappa shape index (κ1) is 30.2. The number of aryl methyl sites for hydroxylation is 2. The van der Waals surface area contributed by atoms with E-state index in [0.29, 0.717) is 12.1 Å². The first-order valence-electron chi connectivity index (χ1n) is 13.3. The van der Waals surface area contributed by atoms with Gasteiger partial charge in [-0.3, -0.25) is 9.59 Å². The highest BCUT2D eigenvalue weighted by Gasteiger charge is 2.32. The van der Waals surface area contributed by atoms with Crippen LogP contribution in [0, 0.1) is 25.7 Å². The summed E-state index contributed by atoms with van der Waals surface area (Å²) in [6.07, 6.45) is 1.90. The predicted molar refractivity (Wildman–Crippen MR) is 156 cm³/mol. The third-order valence-corrected chi connectivity index (χ3v) is 6.42. The van der Waals surface area contributed by atoms with Crippen LogP contribution in [0.5, 0.6) is 0 Å². The van der Waals surface area contributed by atoms with Gasteiger partial charge < -0.3 is 25.4 Å². The van der Waals surface area contributed by atoms with Gasteiger partial charge >= 0.3 is 12.1 Å². The largest absolute Gasteiger partial charge is 0.469 e. The smallest absolute Gasteiger partial charge is 0.436 e. The zero-order chi connectivity index (χ0) is 29.4. The van der Waals surface area contributed by atoms with E-state index in [4.69, 9.17) is 15.2 Å². The van der Waals surface area contributed by atoms with Crippen LogP contribution in [0.1, 0.15) is 68.7 Å². The number of hydrogen-bond acceptors (Lipinski definition) is 6. The quantitative estimate of drug-likeness (QED) is 0.167. The summed E-state index contributed by atoms with van der Waals surface area (Å²) in [5, 5.41) is 3.24. The summed E-state index contributed by atoms with van der Waals surface area (Å²) in [6, 6.07) is 11.2. The Morgan fingerprint density at radius 2 is 1.77 bits per heavy atom. The van der Waals surface area contributed by atoms with Crippen LogP contribution in [0.4, 0.5) is 16.2 Å². The topological polar surface area (TPSA) is 123 Å². The number of aliphatic imine (C=N–C) groups is 1. The van der Waals surface area contributed by atoms with Crippen molar-refractivity contribution in [3.8, 4) is 11.8 Å². The molecular weight excluding hydrogens is 508 g/mol. The standard InChI is InChI=1S/C31H38N4O5/c1-20-18-26(35(25-10-7-11-25)27(36)19-28(37)39-6)21(2)17-23(20)9-8-16-33-24-14-12-22(13-15-24)29(32)34-30(38)40-31(3,4)5/h12-15,17-18,25,33H,7,10-11,16,19H2,1-6H3,(H2,32,34,38). The summed E-state index contributed by atoms with van der Waals surface area (Å²) in [5.41, 5.74) is 10.3. The van der Waals surface area contributed by atoms with Gasteiger partial charge in [0.15, 0.2) is 0 Å². The summed E-state index contributed by atoms with van der Waals surface area (Å²) >= 11 is 0. The predicted octanol–water partition coefficient (Wildman–Crippen LogP) is 4.86. The zero-order valence-electron chi connectivity index (χ0n) is 24.1. The van der Waals surface area contributed by atoms with Gasteiger partial charge in [-0.15, -0.1) is 0 Å². The van der Waals surface area contributed by atoms with Crippen molar-refractivity contribution in [2.24, 2.45) is 10.7 Å². The minimum Gasteiger partial charge on any atom is -0.469 e. The Balaban J connectivity index is 1.65. The third-order valence-electron chi connectivity index (χ3n) is 6.42. The molecule has 0 heterocycles. The van der Waals surface area contributed by atoms with Gasteiger partial charge in [-0.05, 0) is 101 Å². The van der Waals surface area contributed by atoms with Gasteiger partial charge in [0, 0.05) is 28.5 Å². The molecule has 3 rings (SSSR count). The number of rotatable bonds is 7. The molecule has 0 aliphatic heterocycles. The number of esters is 1. The van der Waals surface area contributed by atoms with Crippen LogP contribution in [-0.4, -0.2) is 49.1 Å². The van der Waals surface area contributed by atoms with Crippen LogP contribution in [-0.2, 0) is 19.1 Å². The molecule has 0 atom stereocenters. The van der Waals surface area contributed by atoms with Crippen molar-refractivity contribution >= 4 is 35.2 Å². The first-order valence-corrected chi connectivity index (χ1v) is 13.3. The van der Waals surface area contributed by atoms with E-state index in [0.717, 1.165) is 47.3 Å². The minimum atomic E-state index is -0.732. The number of carbonyl (C=O) groups excluding carboxylic acids is 3.